The van der Waals surface area contributed by atoms with Crippen molar-refractivity contribution in [2.24, 2.45) is 0 Å². The molecule has 0 bridgehead atoms. The topological polar surface area (TPSA) is 13.0 Å². The zero-order valence-electron chi connectivity index (χ0n) is 33.0. The van der Waals surface area contributed by atoms with Gasteiger partial charge in [-0.2, -0.15) is 0 Å². The first-order valence-corrected chi connectivity index (χ1v) is 20.0. The summed E-state index contributed by atoms with van der Waals surface area (Å²) in [6, 6.07) is 88.0. The molecule has 0 N–H and O–H groups in total. The van der Waals surface area contributed by atoms with Gasteiger partial charge in [-0.25, -0.2) is 0 Å². The molecule has 0 aromatic heterocycles. The molecule has 0 amide bonds. The van der Waals surface area contributed by atoms with E-state index in [1.54, 1.807) is 0 Å². The van der Waals surface area contributed by atoms with Crippen LogP contribution in [0.2, 0.25) is 0 Å². The van der Waals surface area contributed by atoms with Crippen molar-refractivity contribution in [1.82, 2.24) is 0 Å². The second kappa shape index (κ2) is 17.1. The summed E-state index contributed by atoms with van der Waals surface area (Å²) in [5.74, 6) is 0. The van der Waals surface area contributed by atoms with Crippen LogP contribution in [0.25, 0.3) is 11.1 Å². The third-order valence-corrected chi connectivity index (χ3v) is 10.6. The summed E-state index contributed by atoms with van der Waals surface area (Å²) in [5.41, 5.74) is 14.5. The minimum absolute atomic E-state index is 1.08. The van der Waals surface area contributed by atoms with Crippen LogP contribution in [-0.4, -0.2) is 7.05 Å². The van der Waals surface area contributed by atoms with Gasteiger partial charge in [-0.3, -0.25) is 0 Å². The maximum Gasteiger partial charge on any atom is 0.0463 e. The molecule has 0 aliphatic carbocycles. The fraction of sp³-hybridized carbons (Fsp3) is 0.0182. The number of benzene rings is 9. The number of nitrogens with zero attached hydrogens (tertiary/aromatic N) is 4. The molecular weight excluding hydrogens is 717 g/mol. The van der Waals surface area contributed by atoms with E-state index in [0.29, 0.717) is 0 Å². The summed E-state index contributed by atoms with van der Waals surface area (Å²) in [5, 5.41) is 0. The molecule has 0 atom stereocenters. The predicted octanol–water partition coefficient (Wildman–Crippen LogP) is 15.5. The Balaban J connectivity index is 0.990. The molecule has 9 aromatic carbocycles. The largest absolute Gasteiger partial charge is 0.345 e. The Morgan fingerprint density at radius 3 is 0.610 bits per heavy atom. The maximum atomic E-state index is 2.31. The summed E-state index contributed by atoms with van der Waals surface area (Å²) >= 11 is 0. The van der Waals surface area contributed by atoms with E-state index in [-0.39, 0.29) is 0 Å². The lowest BCUT2D eigenvalue weighted by atomic mass is 10.0. The van der Waals surface area contributed by atoms with Crippen LogP contribution in [0.3, 0.4) is 0 Å². The van der Waals surface area contributed by atoms with Crippen molar-refractivity contribution < 1.29 is 0 Å². The van der Waals surface area contributed by atoms with E-state index in [1.165, 1.54) is 0 Å². The highest BCUT2D eigenvalue weighted by Crippen LogP contribution is 2.41. The Morgan fingerprint density at radius 2 is 0.356 bits per heavy atom. The molecule has 59 heavy (non-hydrogen) atoms. The normalized spacial score (nSPS) is 10.8. The van der Waals surface area contributed by atoms with Crippen LogP contribution < -0.4 is 19.6 Å². The quantitative estimate of drug-likeness (QED) is 0.123. The molecule has 0 aliphatic rings. The predicted molar refractivity (Wildman–Crippen MR) is 250 cm³/mol. The fourth-order valence-electron chi connectivity index (χ4n) is 7.63. The summed E-state index contributed by atoms with van der Waals surface area (Å²) in [6.07, 6.45) is 0. The van der Waals surface area contributed by atoms with E-state index in [4.69, 9.17) is 0 Å². The van der Waals surface area contributed by atoms with Crippen molar-refractivity contribution in [3.8, 4) is 11.1 Å². The van der Waals surface area contributed by atoms with Gasteiger partial charge < -0.3 is 19.6 Å². The van der Waals surface area contributed by atoms with Gasteiger partial charge in [-0.05, 0) is 145 Å². The highest BCUT2D eigenvalue weighted by molar-refractivity contribution is 5.83. The summed E-state index contributed by atoms with van der Waals surface area (Å²) < 4.78 is 0. The van der Waals surface area contributed by atoms with E-state index in [1.807, 2.05) is 6.07 Å². The lowest BCUT2D eigenvalue weighted by molar-refractivity contribution is 1.20. The number of hydrogen-bond donors (Lipinski definition) is 0. The second-order valence-corrected chi connectivity index (χ2v) is 14.4. The Morgan fingerprint density at radius 1 is 0.186 bits per heavy atom. The third kappa shape index (κ3) is 8.06. The van der Waals surface area contributed by atoms with Gasteiger partial charge in [-0.1, -0.05) is 115 Å². The second-order valence-electron chi connectivity index (χ2n) is 14.4. The van der Waals surface area contributed by atoms with Gasteiger partial charge in [0.15, 0.2) is 0 Å². The Hall–Kier alpha value is -7.82. The van der Waals surface area contributed by atoms with Crippen LogP contribution in [0, 0.1) is 0 Å². The van der Waals surface area contributed by atoms with Crippen LogP contribution in [0.5, 0.6) is 0 Å². The minimum atomic E-state index is 1.08. The molecule has 0 unspecified atom stereocenters. The standard InChI is InChI=1S/C55H44N4/c1-56(45-17-7-2-8-18-45)46-35-37-53(38-36-46)58(49-23-13-5-14-24-49)51-31-27-43(28-32-51)44-29-33-52(34-30-44)59(50-25-15-6-16-26-50)55-41-39-54(40-42-55)57(47-19-9-3-10-20-47)48-21-11-4-12-22-48/h2-42H,1H3. The molecule has 9 aromatic rings. The van der Waals surface area contributed by atoms with Crippen LogP contribution in [-0.2, 0) is 0 Å². The van der Waals surface area contributed by atoms with E-state index >= 15 is 0 Å². The molecule has 0 spiro atoms. The molecular formula is C55H44N4. The maximum absolute atomic E-state index is 2.31. The van der Waals surface area contributed by atoms with Crippen LogP contribution in [0.1, 0.15) is 0 Å². The third-order valence-electron chi connectivity index (χ3n) is 10.6. The lowest BCUT2D eigenvalue weighted by Gasteiger charge is -2.28. The van der Waals surface area contributed by atoms with Gasteiger partial charge >= 0.3 is 0 Å². The van der Waals surface area contributed by atoms with Gasteiger partial charge in [0.25, 0.3) is 0 Å². The van der Waals surface area contributed by atoms with Crippen molar-refractivity contribution in [2.75, 3.05) is 26.6 Å². The van der Waals surface area contributed by atoms with Crippen molar-refractivity contribution in [1.29, 1.82) is 0 Å². The molecule has 0 heterocycles. The van der Waals surface area contributed by atoms with E-state index < -0.39 is 0 Å². The molecule has 0 radical (unpaired) electrons. The zero-order valence-corrected chi connectivity index (χ0v) is 33.0. The number of rotatable bonds is 12. The Bertz CT molecular complexity index is 2630. The first-order chi connectivity index (χ1) is 29.2. The summed E-state index contributed by atoms with van der Waals surface area (Å²) in [7, 11) is 2.10. The van der Waals surface area contributed by atoms with E-state index in [2.05, 4.69) is 269 Å². The average Bonchev–Trinajstić information content (AvgIpc) is 3.32. The monoisotopic (exact) mass is 760 g/mol. The molecule has 0 aliphatic heterocycles. The first kappa shape index (κ1) is 36.8. The first-order valence-electron chi connectivity index (χ1n) is 20.0. The highest BCUT2D eigenvalue weighted by atomic mass is 15.2. The Kier molecular flexibility index (Phi) is 10.7. The van der Waals surface area contributed by atoms with Crippen molar-refractivity contribution in [2.45, 2.75) is 0 Å². The molecule has 0 saturated heterocycles. The van der Waals surface area contributed by atoms with Crippen molar-refractivity contribution in [3.05, 3.63) is 249 Å². The minimum Gasteiger partial charge on any atom is -0.345 e. The van der Waals surface area contributed by atoms with Crippen molar-refractivity contribution in [3.63, 3.8) is 0 Å². The summed E-state index contributed by atoms with van der Waals surface area (Å²) in [4.78, 5) is 9.11. The summed E-state index contributed by atoms with van der Waals surface area (Å²) in [6.45, 7) is 0. The highest BCUT2D eigenvalue weighted by Gasteiger charge is 2.17. The SMILES string of the molecule is CN(c1ccccc1)c1ccc(N(c2ccccc2)c2ccc(-c3ccc(N(c4ccccc4)c4ccc(N(c5ccccc5)c5ccccc5)cc4)cc3)cc2)cc1. The van der Waals surface area contributed by atoms with E-state index in [9.17, 15) is 0 Å². The molecule has 284 valence electrons. The average molecular weight is 761 g/mol. The van der Waals surface area contributed by atoms with Crippen LogP contribution in [0.4, 0.5) is 62.6 Å². The van der Waals surface area contributed by atoms with Gasteiger partial charge in [0.2, 0.25) is 0 Å². The van der Waals surface area contributed by atoms with Gasteiger partial charge in [0.1, 0.15) is 0 Å². The van der Waals surface area contributed by atoms with Crippen molar-refractivity contribution >= 4 is 62.6 Å². The zero-order chi connectivity index (χ0) is 39.8. The Labute approximate surface area is 347 Å². The lowest BCUT2D eigenvalue weighted by Crippen LogP contribution is -2.12. The van der Waals surface area contributed by atoms with Gasteiger partial charge in [0, 0.05) is 69.6 Å². The smallest absolute Gasteiger partial charge is 0.0463 e. The van der Waals surface area contributed by atoms with Crippen LogP contribution >= 0.6 is 0 Å². The molecule has 9 rings (SSSR count). The van der Waals surface area contributed by atoms with Gasteiger partial charge in [-0.15, -0.1) is 0 Å². The molecule has 0 fully saturated rings. The molecule has 0 saturated carbocycles. The number of anilines is 11. The molecule has 4 heteroatoms. The fourth-order valence-corrected chi connectivity index (χ4v) is 7.63. The molecule has 4 nitrogen and oxygen atoms in total. The number of para-hydroxylation sites is 5. The number of hydrogen-bond acceptors (Lipinski definition) is 4. The van der Waals surface area contributed by atoms with Gasteiger partial charge in [0.05, 0.1) is 0 Å². The van der Waals surface area contributed by atoms with Crippen LogP contribution in [0.15, 0.2) is 249 Å². The van der Waals surface area contributed by atoms with E-state index in [0.717, 1.165) is 73.7 Å².